The van der Waals surface area contributed by atoms with Crippen molar-refractivity contribution in [2.75, 3.05) is 0 Å². The van der Waals surface area contributed by atoms with E-state index in [-0.39, 0.29) is 0 Å². The zero-order chi connectivity index (χ0) is 24.3. The molecule has 2 rings (SSSR count). The van der Waals surface area contributed by atoms with Crippen LogP contribution < -0.4 is 14.2 Å². The molecule has 12 nitrogen and oxygen atoms in total. The maximum atomic E-state index is 13.2. The largest absolute Gasteiger partial charge is 0.426 e. The van der Waals surface area contributed by atoms with Crippen molar-refractivity contribution in [2.45, 2.75) is 34.6 Å². The molecule has 0 saturated heterocycles. The van der Waals surface area contributed by atoms with Crippen LogP contribution >= 0.6 is 0 Å². The van der Waals surface area contributed by atoms with Gasteiger partial charge in [0.2, 0.25) is 23.1 Å². The third-order valence-corrected chi connectivity index (χ3v) is 3.53. The van der Waals surface area contributed by atoms with Gasteiger partial charge in [-0.2, -0.15) is 0 Å². The minimum atomic E-state index is -1.25. The van der Waals surface area contributed by atoms with E-state index >= 15 is 0 Å². The fourth-order valence-corrected chi connectivity index (χ4v) is 2.68. The monoisotopic (exact) mass is 448 g/mol. The molecule has 12 heteroatoms. The highest BCUT2D eigenvalue weighted by atomic mass is 16.6. The SMILES string of the molecule is CC(=O)OC1=C(OC(C)=O)C(=O)c2c(OC(C)=O)c(OC(C)=O)cc(OC(C)=O)c2C1=O. The zero-order valence-corrected chi connectivity index (χ0v) is 17.5. The number of carbonyl (C=O) groups excluding carboxylic acids is 7. The first-order valence-electron chi connectivity index (χ1n) is 8.80. The highest BCUT2D eigenvalue weighted by Gasteiger charge is 2.43. The van der Waals surface area contributed by atoms with Crippen LogP contribution in [-0.2, 0) is 33.4 Å². The molecule has 0 bridgehead atoms. The number of hydrogen-bond acceptors (Lipinski definition) is 12. The molecular weight excluding hydrogens is 432 g/mol. The first-order chi connectivity index (χ1) is 14.8. The summed E-state index contributed by atoms with van der Waals surface area (Å²) in [7, 11) is 0. The molecular formula is C20H16O12. The fraction of sp³-hybridized carbons (Fsp3) is 0.250. The van der Waals surface area contributed by atoms with Gasteiger partial charge in [-0.05, 0) is 0 Å². The van der Waals surface area contributed by atoms with Gasteiger partial charge >= 0.3 is 29.8 Å². The number of rotatable bonds is 5. The van der Waals surface area contributed by atoms with Crippen LogP contribution in [0.5, 0.6) is 17.2 Å². The molecule has 1 aliphatic rings. The van der Waals surface area contributed by atoms with Gasteiger partial charge in [0.25, 0.3) is 0 Å². The summed E-state index contributed by atoms with van der Waals surface area (Å²) in [6.45, 7) is 4.79. The average Bonchev–Trinajstić information content (AvgIpc) is 2.62. The van der Waals surface area contributed by atoms with E-state index in [1.54, 1.807) is 0 Å². The summed E-state index contributed by atoms with van der Waals surface area (Å²) in [6, 6.07) is 0.868. The standard InChI is InChI=1S/C20H16O12/c1-7(21)28-12-6-13(29-8(2)22)18(30-9(3)23)15-14(12)16(26)19(31-10(4)24)20(17(15)27)32-11(5)25/h6H,1-5H3. The van der Waals surface area contributed by atoms with E-state index in [0.717, 1.165) is 40.7 Å². The lowest BCUT2D eigenvalue weighted by atomic mass is 9.89. The summed E-state index contributed by atoms with van der Waals surface area (Å²) in [4.78, 5) is 84.1. The molecule has 168 valence electrons. The number of carbonyl (C=O) groups is 7. The summed E-state index contributed by atoms with van der Waals surface area (Å²) in [5.41, 5.74) is -1.36. The third-order valence-electron chi connectivity index (χ3n) is 3.53. The van der Waals surface area contributed by atoms with Crippen molar-refractivity contribution in [3.05, 3.63) is 28.7 Å². The zero-order valence-electron chi connectivity index (χ0n) is 17.5. The van der Waals surface area contributed by atoms with E-state index in [9.17, 15) is 33.6 Å². The molecule has 1 aromatic rings. The van der Waals surface area contributed by atoms with Gasteiger partial charge in [-0.3, -0.25) is 33.6 Å². The molecule has 0 unspecified atom stereocenters. The van der Waals surface area contributed by atoms with Crippen molar-refractivity contribution in [3.8, 4) is 17.2 Å². The summed E-state index contributed by atoms with van der Waals surface area (Å²) in [6.07, 6.45) is 0. The van der Waals surface area contributed by atoms with Crippen LogP contribution in [0.1, 0.15) is 55.3 Å². The fourth-order valence-electron chi connectivity index (χ4n) is 2.68. The molecule has 0 fully saturated rings. The second-order valence-electron chi connectivity index (χ2n) is 6.24. The van der Waals surface area contributed by atoms with Gasteiger partial charge in [0.15, 0.2) is 11.5 Å². The summed E-state index contributed by atoms with van der Waals surface area (Å²) < 4.78 is 24.5. The Morgan fingerprint density at radius 3 is 1.31 bits per heavy atom. The first-order valence-corrected chi connectivity index (χ1v) is 8.80. The van der Waals surface area contributed by atoms with Crippen molar-refractivity contribution in [1.29, 1.82) is 0 Å². The van der Waals surface area contributed by atoms with Gasteiger partial charge < -0.3 is 23.7 Å². The summed E-state index contributed by atoms with van der Waals surface area (Å²) in [5.74, 6) is -11.0. The lowest BCUT2D eigenvalue weighted by molar-refractivity contribution is -0.140. The highest BCUT2D eigenvalue weighted by molar-refractivity contribution is 6.28. The maximum Gasteiger partial charge on any atom is 0.308 e. The Morgan fingerprint density at radius 2 is 0.906 bits per heavy atom. The van der Waals surface area contributed by atoms with Gasteiger partial charge in [0.1, 0.15) is 5.75 Å². The number of fused-ring (bicyclic) bond motifs is 1. The molecule has 0 radical (unpaired) electrons. The van der Waals surface area contributed by atoms with E-state index in [4.69, 9.17) is 23.7 Å². The predicted molar refractivity (Wildman–Crippen MR) is 99.6 cm³/mol. The number of allylic oxidation sites excluding steroid dienone is 2. The molecule has 0 saturated carbocycles. The van der Waals surface area contributed by atoms with E-state index in [1.165, 1.54) is 0 Å². The Balaban J connectivity index is 2.98. The van der Waals surface area contributed by atoms with E-state index in [1.807, 2.05) is 0 Å². The molecule has 0 aromatic heterocycles. The Labute approximate surface area is 180 Å². The molecule has 0 aliphatic heterocycles. The third kappa shape index (κ3) is 5.03. The van der Waals surface area contributed by atoms with Crippen LogP contribution in [0.25, 0.3) is 0 Å². The van der Waals surface area contributed by atoms with Crippen molar-refractivity contribution < 1.29 is 57.2 Å². The second-order valence-corrected chi connectivity index (χ2v) is 6.24. The molecule has 0 N–H and O–H groups in total. The first kappa shape index (κ1) is 23.9. The van der Waals surface area contributed by atoms with Crippen molar-refractivity contribution in [3.63, 3.8) is 0 Å². The Kier molecular flexibility index (Phi) is 6.88. The maximum absolute atomic E-state index is 13.2. The van der Waals surface area contributed by atoms with Gasteiger partial charge in [0.05, 0.1) is 11.1 Å². The highest BCUT2D eigenvalue weighted by Crippen LogP contribution is 2.45. The number of ketones is 2. The Morgan fingerprint density at radius 1 is 0.531 bits per heavy atom. The second kappa shape index (κ2) is 9.20. The Hall–Kier alpha value is -4.35. The van der Waals surface area contributed by atoms with Crippen LogP contribution in [-0.4, -0.2) is 41.4 Å². The minimum absolute atomic E-state index is 0.540. The minimum Gasteiger partial charge on any atom is -0.426 e. The number of Topliss-reactive ketones (excluding diaryl/α,β-unsaturated/α-hetero) is 2. The lowest BCUT2D eigenvalue weighted by Gasteiger charge is -2.23. The van der Waals surface area contributed by atoms with Crippen LogP contribution in [0, 0.1) is 0 Å². The number of benzene rings is 1. The topological polar surface area (TPSA) is 166 Å². The lowest BCUT2D eigenvalue weighted by Crippen LogP contribution is -2.29. The predicted octanol–water partition coefficient (Wildman–Crippen LogP) is 1.18. The van der Waals surface area contributed by atoms with Gasteiger partial charge in [-0.15, -0.1) is 0 Å². The molecule has 0 atom stereocenters. The molecule has 1 aliphatic carbocycles. The van der Waals surface area contributed by atoms with Gasteiger partial charge in [0, 0.05) is 40.7 Å². The summed E-state index contributed by atoms with van der Waals surface area (Å²) in [5, 5.41) is 0. The van der Waals surface area contributed by atoms with E-state index in [2.05, 4.69) is 0 Å². The molecule has 0 spiro atoms. The van der Waals surface area contributed by atoms with Gasteiger partial charge in [-0.25, -0.2) is 0 Å². The van der Waals surface area contributed by atoms with Gasteiger partial charge in [-0.1, -0.05) is 0 Å². The molecule has 0 heterocycles. The quantitative estimate of drug-likeness (QED) is 0.467. The average molecular weight is 448 g/mol. The van der Waals surface area contributed by atoms with Crippen molar-refractivity contribution in [2.24, 2.45) is 0 Å². The van der Waals surface area contributed by atoms with Crippen LogP contribution in [0.3, 0.4) is 0 Å². The molecule has 32 heavy (non-hydrogen) atoms. The number of ether oxygens (including phenoxy) is 5. The van der Waals surface area contributed by atoms with Crippen molar-refractivity contribution in [1.82, 2.24) is 0 Å². The Bertz CT molecular complexity index is 1120. The normalized spacial score (nSPS) is 12.5. The molecule has 1 aromatic carbocycles. The molecule has 0 amide bonds. The number of esters is 5. The van der Waals surface area contributed by atoms with Crippen molar-refractivity contribution >= 4 is 41.4 Å². The summed E-state index contributed by atoms with van der Waals surface area (Å²) >= 11 is 0. The van der Waals surface area contributed by atoms with E-state index in [0.29, 0.717) is 0 Å². The van der Waals surface area contributed by atoms with Crippen LogP contribution in [0.2, 0.25) is 0 Å². The smallest absolute Gasteiger partial charge is 0.308 e. The van der Waals surface area contributed by atoms with Crippen LogP contribution in [0.4, 0.5) is 0 Å². The van der Waals surface area contributed by atoms with E-state index < -0.39 is 81.3 Å². The van der Waals surface area contributed by atoms with Crippen LogP contribution in [0.15, 0.2) is 17.6 Å². The number of hydrogen-bond donors (Lipinski definition) is 0.